The highest BCUT2D eigenvalue weighted by atomic mass is 19.1. The minimum absolute atomic E-state index is 0.0599. The lowest BCUT2D eigenvalue weighted by Gasteiger charge is -2.22. The highest BCUT2D eigenvalue weighted by Crippen LogP contribution is 2.29. The summed E-state index contributed by atoms with van der Waals surface area (Å²) >= 11 is 0. The van der Waals surface area contributed by atoms with E-state index in [1.807, 2.05) is 29.1 Å². The first-order valence-corrected chi connectivity index (χ1v) is 8.54. The molecular weight excluding hydrogens is 315 g/mol. The molecule has 0 unspecified atom stereocenters. The van der Waals surface area contributed by atoms with Crippen LogP contribution in [-0.2, 0) is 11.3 Å². The molecule has 0 N–H and O–H groups in total. The van der Waals surface area contributed by atoms with E-state index in [9.17, 15) is 4.39 Å². The van der Waals surface area contributed by atoms with Crippen LogP contribution in [-0.4, -0.2) is 22.6 Å². The van der Waals surface area contributed by atoms with Crippen LogP contribution in [0.5, 0.6) is 0 Å². The summed E-state index contributed by atoms with van der Waals surface area (Å²) in [5.41, 5.74) is 4.47. The van der Waals surface area contributed by atoms with E-state index in [-0.39, 0.29) is 12.0 Å². The summed E-state index contributed by atoms with van der Waals surface area (Å²) in [5.74, 6) is -0.231. The molecule has 0 spiro atoms. The first-order chi connectivity index (χ1) is 12.2. The van der Waals surface area contributed by atoms with Gasteiger partial charge in [-0.05, 0) is 36.8 Å². The topological polar surface area (TPSA) is 17.4 Å². The van der Waals surface area contributed by atoms with Gasteiger partial charge in [0.15, 0.2) is 0 Å². The summed E-state index contributed by atoms with van der Waals surface area (Å²) < 4.78 is 21.4. The number of ether oxygens (including phenoxy) is 1. The van der Waals surface area contributed by atoms with Crippen LogP contribution in [0.25, 0.3) is 5.69 Å². The Morgan fingerprint density at radius 2 is 2.00 bits per heavy atom. The van der Waals surface area contributed by atoms with Crippen LogP contribution in [0.15, 0.2) is 67.0 Å². The van der Waals surface area contributed by atoms with Crippen LogP contribution in [0, 0.1) is 12.7 Å². The second kappa shape index (κ2) is 6.82. The minimum Gasteiger partial charge on any atom is -0.357 e. The Morgan fingerprint density at radius 3 is 2.84 bits per heavy atom. The van der Waals surface area contributed by atoms with Crippen molar-refractivity contribution in [1.82, 2.24) is 9.47 Å². The molecule has 3 aromatic rings. The van der Waals surface area contributed by atoms with Crippen LogP contribution < -0.4 is 0 Å². The second-order valence-corrected chi connectivity index (χ2v) is 6.51. The SMILES string of the molecule is Cc1cccc(CN2CCO[C@@H]2c2ccn(-c3cccc(F)c3)c2)c1. The van der Waals surface area contributed by atoms with Gasteiger partial charge < -0.3 is 9.30 Å². The third-order valence-corrected chi connectivity index (χ3v) is 4.56. The third kappa shape index (κ3) is 3.50. The number of rotatable bonds is 4. The van der Waals surface area contributed by atoms with Crippen LogP contribution in [0.2, 0.25) is 0 Å². The van der Waals surface area contributed by atoms with E-state index in [0.29, 0.717) is 0 Å². The Hall–Kier alpha value is -2.43. The van der Waals surface area contributed by atoms with Crippen LogP contribution in [0.3, 0.4) is 0 Å². The van der Waals surface area contributed by atoms with Crippen molar-refractivity contribution in [2.24, 2.45) is 0 Å². The molecule has 1 saturated heterocycles. The highest BCUT2D eigenvalue weighted by molar-refractivity contribution is 5.34. The molecule has 3 nitrogen and oxygen atoms in total. The maximum atomic E-state index is 13.5. The van der Waals surface area contributed by atoms with Gasteiger partial charge >= 0.3 is 0 Å². The molecule has 1 aromatic heterocycles. The molecule has 25 heavy (non-hydrogen) atoms. The number of aromatic nitrogens is 1. The molecule has 0 aliphatic carbocycles. The van der Waals surface area contributed by atoms with E-state index >= 15 is 0 Å². The van der Waals surface area contributed by atoms with Gasteiger partial charge in [0, 0.05) is 36.7 Å². The monoisotopic (exact) mass is 336 g/mol. The van der Waals surface area contributed by atoms with Crippen LogP contribution in [0.1, 0.15) is 22.9 Å². The van der Waals surface area contributed by atoms with Crippen molar-refractivity contribution in [2.45, 2.75) is 19.7 Å². The molecule has 2 aromatic carbocycles. The van der Waals surface area contributed by atoms with Gasteiger partial charge in [-0.2, -0.15) is 0 Å². The van der Waals surface area contributed by atoms with E-state index in [0.717, 1.165) is 30.9 Å². The van der Waals surface area contributed by atoms with Crippen molar-refractivity contribution in [3.05, 3.63) is 89.5 Å². The molecule has 2 heterocycles. The zero-order valence-corrected chi connectivity index (χ0v) is 14.2. The third-order valence-electron chi connectivity index (χ3n) is 4.56. The van der Waals surface area contributed by atoms with E-state index in [1.54, 1.807) is 6.07 Å². The molecule has 128 valence electrons. The Labute approximate surface area is 147 Å². The number of hydrogen-bond acceptors (Lipinski definition) is 2. The molecule has 1 fully saturated rings. The number of benzene rings is 2. The van der Waals surface area contributed by atoms with Gasteiger partial charge in [0.25, 0.3) is 0 Å². The van der Waals surface area contributed by atoms with E-state index in [2.05, 4.69) is 36.1 Å². The lowest BCUT2D eigenvalue weighted by atomic mass is 10.1. The molecule has 1 aliphatic rings. The van der Waals surface area contributed by atoms with Gasteiger partial charge in [-0.25, -0.2) is 4.39 Å². The van der Waals surface area contributed by atoms with Gasteiger partial charge in [-0.1, -0.05) is 35.9 Å². The van der Waals surface area contributed by atoms with Crippen molar-refractivity contribution in [2.75, 3.05) is 13.2 Å². The Balaban J connectivity index is 1.54. The summed E-state index contributed by atoms with van der Waals surface area (Å²) in [7, 11) is 0. The predicted molar refractivity (Wildman–Crippen MR) is 96.0 cm³/mol. The van der Waals surface area contributed by atoms with Gasteiger partial charge in [0.05, 0.1) is 6.61 Å². The van der Waals surface area contributed by atoms with E-state index < -0.39 is 0 Å². The normalized spacial score (nSPS) is 17.9. The summed E-state index contributed by atoms with van der Waals surface area (Å²) in [4.78, 5) is 2.33. The summed E-state index contributed by atoms with van der Waals surface area (Å²) in [6, 6.07) is 17.2. The average Bonchev–Trinajstić information content (AvgIpc) is 3.24. The average molecular weight is 336 g/mol. The minimum atomic E-state index is -0.231. The van der Waals surface area contributed by atoms with Crippen molar-refractivity contribution in [3.63, 3.8) is 0 Å². The fourth-order valence-corrected chi connectivity index (χ4v) is 3.37. The number of nitrogens with zero attached hydrogens (tertiary/aromatic N) is 2. The lowest BCUT2D eigenvalue weighted by molar-refractivity contribution is 0.0288. The summed E-state index contributed by atoms with van der Waals surface area (Å²) in [6.45, 7) is 4.60. The second-order valence-electron chi connectivity index (χ2n) is 6.51. The Morgan fingerprint density at radius 1 is 1.12 bits per heavy atom. The molecule has 0 radical (unpaired) electrons. The van der Waals surface area contributed by atoms with E-state index in [1.165, 1.54) is 23.3 Å². The van der Waals surface area contributed by atoms with Crippen molar-refractivity contribution in [1.29, 1.82) is 0 Å². The van der Waals surface area contributed by atoms with Crippen molar-refractivity contribution >= 4 is 0 Å². The number of hydrogen-bond donors (Lipinski definition) is 0. The molecule has 0 amide bonds. The first kappa shape index (κ1) is 16.1. The largest absolute Gasteiger partial charge is 0.357 e. The molecule has 1 atom stereocenters. The number of halogens is 1. The van der Waals surface area contributed by atoms with Crippen molar-refractivity contribution < 1.29 is 9.13 Å². The smallest absolute Gasteiger partial charge is 0.138 e. The lowest BCUT2D eigenvalue weighted by Crippen LogP contribution is -2.23. The zero-order valence-electron chi connectivity index (χ0n) is 14.2. The molecule has 4 heteroatoms. The molecule has 0 bridgehead atoms. The molecule has 4 rings (SSSR count). The van der Waals surface area contributed by atoms with Gasteiger partial charge in [-0.15, -0.1) is 0 Å². The zero-order chi connectivity index (χ0) is 17.2. The Bertz CT molecular complexity index is 874. The first-order valence-electron chi connectivity index (χ1n) is 8.54. The highest BCUT2D eigenvalue weighted by Gasteiger charge is 2.27. The fourth-order valence-electron chi connectivity index (χ4n) is 3.37. The van der Waals surface area contributed by atoms with E-state index in [4.69, 9.17) is 4.74 Å². The number of aryl methyl sites for hydroxylation is 1. The maximum absolute atomic E-state index is 13.5. The Kier molecular flexibility index (Phi) is 4.38. The summed E-state index contributed by atoms with van der Waals surface area (Å²) in [6.07, 6.45) is 3.92. The molecule has 1 aliphatic heterocycles. The van der Waals surface area contributed by atoms with Gasteiger partial charge in [0.1, 0.15) is 12.0 Å². The quantitative estimate of drug-likeness (QED) is 0.700. The maximum Gasteiger partial charge on any atom is 0.138 e. The fraction of sp³-hybridized carbons (Fsp3) is 0.238. The molecular formula is C21H21FN2O. The van der Waals surface area contributed by atoms with Crippen LogP contribution >= 0.6 is 0 Å². The standard InChI is InChI=1S/C21H21FN2O/c1-16-4-2-5-17(12-16)14-24-10-11-25-21(24)18-8-9-23(15-18)20-7-3-6-19(22)13-20/h2-9,12-13,15,21H,10-11,14H2,1H3/t21-/m1/s1. The summed E-state index contributed by atoms with van der Waals surface area (Å²) in [5, 5.41) is 0. The van der Waals surface area contributed by atoms with Gasteiger partial charge in [-0.3, -0.25) is 4.90 Å². The van der Waals surface area contributed by atoms with Crippen LogP contribution in [0.4, 0.5) is 4.39 Å². The van der Waals surface area contributed by atoms with Crippen molar-refractivity contribution in [3.8, 4) is 5.69 Å². The molecule has 0 saturated carbocycles. The van der Waals surface area contributed by atoms with Gasteiger partial charge in [0.2, 0.25) is 0 Å². The predicted octanol–water partition coefficient (Wildman–Crippen LogP) is 4.46.